The van der Waals surface area contributed by atoms with Crippen molar-refractivity contribution in [1.82, 2.24) is 5.32 Å². The first-order valence-electron chi connectivity index (χ1n) is 3.57. The van der Waals surface area contributed by atoms with Crippen LogP contribution in [-0.2, 0) is 20.7 Å². The first-order chi connectivity index (χ1) is 5.86. The molecule has 0 aliphatic heterocycles. The molecular formula is C6H12N2O4S. The fourth-order valence-corrected chi connectivity index (χ4v) is 0.916. The van der Waals surface area contributed by atoms with Gasteiger partial charge in [0.2, 0.25) is 17.0 Å². The monoisotopic (exact) mass is 208 g/mol. The van der Waals surface area contributed by atoms with E-state index in [1.54, 1.807) is 0 Å². The maximum Gasteiger partial charge on any atom is 0.267 e. The number of amides is 1. The minimum absolute atomic E-state index is 0.536. The number of rotatable bonds is 3. The highest BCUT2D eigenvalue weighted by Gasteiger charge is 2.21. The predicted octanol–water partition coefficient (Wildman–Crippen LogP) is -1.41. The molecule has 0 fully saturated rings. The van der Waals surface area contributed by atoms with E-state index in [1.165, 1.54) is 13.8 Å². The van der Waals surface area contributed by atoms with E-state index in [9.17, 15) is 13.8 Å². The highest BCUT2D eigenvalue weighted by molar-refractivity contribution is 7.95. The van der Waals surface area contributed by atoms with Gasteiger partial charge in [0.25, 0.3) is 5.12 Å². The lowest BCUT2D eigenvalue weighted by atomic mass is 10.3. The van der Waals surface area contributed by atoms with E-state index < -0.39 is 34.2 Å². The van der Waals surface area contributed by atoms with Gasteiger partial charge in [-0.05, 0) is 13.8 Å². The third-order valence-electron chi connectivity index (χ3n) is 1.30. The molecule has 0 aliphatic carbocycles. The van der Waals surface area contributed by atoms with Crippen LogP contribution < -0.4 is 11.1 Å². The zero-order chi connectivity index (χ0) is 10.6. The Bertz CT molecular complexity index is 241. The molecule has 0 aliphatic rings. The quantitative estimate of drug-likeness (QED) is 0.493. The molecule has 0 bridgehead atoms. The predicted molar refractivity (Wildman–Crippen MR) is 47.0 cm³/mol. The van der Waals surface area contributed by atoms with Crippen molar-refractivity contribution in [2.75, 3.05) is 0 Å². The molecule has 0 aromatic heterocycles. The van der Waals surface area contributed by atoms with E-state index >= 15 is 0 Å². The second-order valence-electron chi connectivity index (χ2n) is 2.59. The van der Waals surface area contributed by atoms with E-state index in [-0.39, 0.29) is 0 Å². The Hall–Kier alpha value is -0.790. The van der Waals surface area contributed by atoms with Crippen molar-refractivity contribution in [2.24, 2.45) is 5.73 Å². The molecule has 0 aromatic carbocycles. The van der Waals surface area contributed by atoms with Crippen LogP contribution in [0.3, 0.4) is 0 Å². The molecule has 0 heterocycles. The van der Waals surface area contributed by atoms with E-state index in [0.717, 1.165) is 0 Å². The Kier molecular flexibility index (Phi) is 4.74. The lowest BCUT2D eigenvalue weighted by Gasteiger charge is -2.12. The fraction of sp³-hybridized carbons (Fsp3) is 0.667. The normalized spacial score (nSPS) is 17.2. The van der Waals surface area contributed by atoms with Crippen molar-refractivity contribution in [1.29, 1.82) is 0 Å². The number of carbonyl (C=O) groups excluding carboxylic acids is 2. The maximum atomic E-state index is 10.9. The Labute approximate surface area is 78.2 Å². The van der Waals surface area contributed by atoms with Crippen LogP contribution in [0, 0.1) is 0 Å². The zero-order valence-corrected chi connectivity index (χ0v) is 8.13. The maximum absolute atomic E-state index is 10.9. The number of nitrogens with two attached hydrogens (primary N) is 1. The summed E-state index contributed by atoms with van der Waals surface area (Å²) in [5, 5.41) is 1.24. The molecule has 0 saturated carbocycles. The Balaban J connectivity index is 4.16. The molecular weight excluding hydrogens is 196 g/mol. The highest BCUT2D eigenvalue weighted by Crippen LogP contribution is 1.89. The Morgan fingerprint density at radius 3 is 2.23 bits per heavy atom. The summed E-state index contributed by atoms with van der Waals surface area (Å²) in [4.78, 5) is 21.7. The van der Waals surface area contributed by atoms with Crippen LogP contribution in [0.15, 0.2) is 0 Å². The smallest absolute Gasteiger partial charge is 0.267 e. The number of nitrogens with one attached hydrogen (secondary N) is 1. The van der Waals surface area contributed by atoms with Crippen LogP contribution in [0.4, 0.5) is 0 Å². The molecule has 6 nitrogen and oxygen atoms in total. The minimum Gasteiger partial charge on any atom is -0.344 e. The molecule has 0 spiro atoms. The number of hydrogen-bond donors (Lipinski definition) is 3. The van der Waals surface area contributed by atoms with Crippen LogP contribution >= 0.6 is 0 Å². The van der Waals surface area contributed by atoms with Gasteiger partial charge < -0.3 is 11.1 Å². The Morgan fingerprint density at radius 2 is 1.92 bits per heavy atom. The van der Waals surface area contributed by atoms with Crippen LogP contribution in [0.25, 0.3) is 0 Å². The van der Waals surface area contributed by atoms with Gasteiger partial charge in [-0.2, -0.15) is 0 Å². The first kappa shape index (κ1) is 12.2. The van der Waals surface area contributed by atoms with Crippen LogP contribution in [0.5, 0.6) is 0 Å². The lowest BCUT2D eigenvalue weighted by molar-refractivity contribution is -0.125. The SMILES string of the molecule is C[C@H](N)C(=O)N[C@@H](C)C(=O)S(=O)O. The molecule has 13 heavy (non-hydrogen) atoms. The summed E-state index contributed by atoms with van der Waals surface area (Å²) in [7, 11) is 0. The van der Waals surface area contributed by atoms with Gasteiger partial charge in [0.15, 0.2) is 0 Å². The molecule has 0 radical (unpaired) electrons. The van der Waals surface area contributed by atoms with Gasteiger partial charge in [-0.25, -0.2) is 4.21 Å². The standard InChI is InChI=1S/C6H12N2O4S/c1-3(7)5(9)8-4(2)6(10)13(11)12/h3-4H,7H2,1-2H3,(H,8,9)(H,11,12)/t3-,4-/m0/s1. The summed E-state index contributed by atoms with van der Waals surface area (Å²) in [6.45, 7) is 2.76. The van der Waals surface area contributed by atoms with E-state index in [4.69, 9.17) is 10.3 Å². The minimum atomic E-state index is -2.56. The van der Waals surface area contributed by atoms with Gasteiger partial charge in [-0.15, -0.1) is 0 Å². The van der Waals surface area contributed by atoms with Crippen LogP contribution in [0.2, 0.25) is 0 Å². The molecule has 76 valence electrons. The Morgan fingerprint density at radius 1 is 1.46 bits per heavy atom. The molecule has 0 saturated heterocycles. The van der Waals surface area contributed by atoms with E-state index in [2.05, 4.69) is 5.32 Å². The second kappa shape index (κ2) is 5.05. The summed E-state index contributed by atoms with van der Waals surface area (Å²) in [5.74, 6) is -0.536. The summed E-state index contributed by atoms with van der Waals surface area (Å²) < 4.78 is 18.7. The lowest BCUT2D eigenvalue weighted by Crippen LogP contribution is -2.46. The van der Waals surface area contributed by atoms with Crippen molar-refractivity contribution < 1.29 is 18.4 Å². The van der Waals surface area contributed by atoms with Gasteiger partial charge in [0, 0.05) is 0 Å². The molecule has 4 N–H and O–H groups in total. The van der Waals surface area contributed by atoms with Crippen molar-refractivity contribution >= 4 is 22.1 Å². The molecule has 0 aromatic rings. The van der Waals surface area contributed by atoms with E-state index in [0.29, 0.717) is 0 Å². The van der Waals surface area contributed by atoms with Gasteiger partial charge in [0.05, 0.1) is 6.04 Å². The van der Waals surface area contributed by atoms with Crippen molar-refractivity contribution in [3.63, 3.8) is 0 Å². The first-order valence-corrected chi connectivity index (χ1v) is 4.67. The van der Waals surface area contributed by atoms with Crippen molar-refractivity contribution in [2.45, 2.75) is 25.9 Å². The summed E-state index contributed by atoms with van der Waals surface area (Å²) in [5.41, 5.74) is 5.20. The molecule has 0 rings (SSSR count). The van der Waals surface area contributed by atoms with Crippen molar-refractivity contribution in [3.8, 4) is 0 Å². The molecule has 1 unspecified atom stereocenters. The van der Waals surface area contributed by atoms with Gasteiger partial charge in [-0.3, -0.25) is 14.1 Å². The van der Waals surface area contributed by atoms with Crippen LogP contribution in [0.1, 0.15) is 13.8 Å². The topological polar surface area (TPSA) is 109 Å². The largest absolute Gasteiger partial charge is 0.344 e. The molecule has 7 heteroatoms. The highest BCUT2D eigenvalue weighted by atomic mass is 32.2. The summed E-state index contributed by atoms with van der Waals surface area (Å²) in [6, 6.07) is -1.74. The second-order valence-corrected chi connectivity index (χ2v) is 3.49. The number of hydrogen-bond acceptors (Lipinski definition) is 4. The average Bonchev–Trinajstić information content (AvgIpc) is 2.02. The van der Waals surface area contributed by atoms with Gasteiger partial charge in [-0.1, -0.05) is 0 Å². The average molecular weight is 208 g/mol. The van der Waals surface area contributed by atoms with E-state index in [1.807, 2.05) is 0 Å². The third-order valence-corrected chi connectivity index (χ3v) is 2.00. The molecule has 3 atom stereocenters. The number of carbonyl (C=O) groups is 2. The van der Waals surface area contributed by atoms with Crippen LogP contribution in [-0.4, -0.2) is 31.9 Å². The summed E-state index contributed by atoms with van der Waals surface area (Å²) in [6.07, 6.45) is 0. The zero-order valence-electron chi connectivity index (χ0n) is 7.31. The van der Waals surface area contributed by atoms with Gasteiger partial charge >= 0.3 is 0 Å². The fourth-order valence-electron chi connectivity index (χ4n) is 0.555. The third kappa shape index (κ3) is 4.11. The van der Waals surface area contributed by atoms with Gasteiger partial charge in [0.1, 0.15) is 6.04 Å². The summed E-state index contributed by atoms with van der Waals surface area (Å²) >= 11 is -2.56. The molecule has 1 amide bonds. The van der Waals surface area contributed by atoms with Crippen molar-refractivity contribution in [3.05, 3.63) is 0 Å².